The second-order valence-corrected chi connectivity index (χ2v) is 7.80. The molecule has 0 bridgehead atoms. The molecule has 1 fully saturated rings. The molecule has 0 atom stereocenters. The minimum absolute atomic E-state index is 0.721. The van der Waals surface area contributed by atoms with Gasteiger partial charge in [-0.15, -0.1) is 0 Å². The van der Waals surface area contributed by atoms with Crippen molar-refractivity contribution in [2.75, 3.05) is 32.8 Å². The minimum atomic E-state index is 0.721. The van der Waals surface area contributed by atoms with Gasteiger partial charge in [-0.1, -0.05) is 35.3 Å². The number of morpholine rings is 1. The van der Waals surface area contributed by atoms with Gasteiger partial charge >= 0.3 is 0 Å². The van der Waals surface area contributed by atoms with E-state index in [0.29, 0.717) is 0 Å². The first-order chi connectivity index (χ1) is 13.2. The van der Waals surface area contributed by atoms with Crippen LogP contribution in [0.2, 0.25) is 10.0 Å². The fourth-order valence-electron chi connectivity index (χ4n) is 3.60. The molecular weight excluding hydrogens is 381 g/mol. The molecule has 4 nitrogen and oxygen atoms in total. The Balaban J connectivity index is 1.55. The highest BCUT2D eigenvalue weighted by Crippen LogP contribution is 2.23. The Morgan fingerprint density at radius 1 is 0.926 bits per heavy atom. The minimum Gasteiger partial charge on any atom is -0.379 e. The number of aromatic nitrogens is 2. The van der Waals surface area contributed by atoms with Crippen LogP contribution in [0.1, 0.15) is 17.8 Å². The molecule has 1 aliphatic rings. The van der Waals surface area contributed by atoms with Gasteiger partial charge in [0.2, 0.25) is 0 Å². The Hall–Kier alpha value is -1.59. The molecule has 3 aromatic rings. The van der Waals surface area contributed by atoms with E-state index in [0.717, 1.165) is 79.1 Å². The average Bonchev–Trinajstić information content (AvgIpc) is 3.01. The largest absolute Gasteiger partial charge is 0.379 e. The number of ether oxygens (including phenoxy) is 1. The van der Waals surface area contributed by atoms with Crippen LogP contribution in [-0.4, -0.2) is 47.3 Å². The molecule has 1 aliphatic heterocycles. The summed E-state index contributed by atoms with van der Waals surface area (Å²) in [6.07, 6.45) is 1.86. The highest BCUT2D eigenvalue weighted by atomic mass is 35.5. The van der Waals surface area contributed by atoms with Crippen molar-refractivity contribution in [3.05, 3.63) is 63.9 Å². The molecule has 0 spiro atoms. The molecule has 6 heteroatoms. The van der Waals surface area contributed by atoms with Crippen LogP contribution in [0.15, 0.2) is 42.5 Å². The van der Waals surface area contributed by atoms with Crippen molar-refractivity contribution in [2.45, 2.75) is 19.4 Å². The Morgan fingerprint density at radius 3 is 2.44 bits per heavy atom. The zero-order valence-electron chi connectivity index (χ0n) is 15.2. The summed E-state index contributed by atoms with van der Waals surface area (Å²) >= 11 is 12.2. The monoisotopic (exact) mass is 403 g/mol. The summed E-state index contributed by atoms with van der Waals surface area (Å²) in [6.45, 7) is 5.76. The van der Waals surface area contributed by atoms with Gasteiger partial charge in [-0.25, -0.2) is 4.98 Å². The van der Waals surface area contributed by atoms with E-state index < -0.39 is 0 Å². The SMILES string of the molecule is Clc1ccc(Cc2nc3cc(Cl)ccc3n2CCCN2CCOCC2)cc1. The van der Waals surface area contributed by atoms with Crippen molar-refractivity contribution in [3.63, 3.8) is 0 Å². The smallest absolute Gasteiger partial charge is 0.114 e. The lowest BCUT2D eigenvalue weighted by Gasteiger charge is -2.26. The van der Waals surface area contributed by atoms with Crippen molar-refractivity contribution in [2.24, 2.45) is 0 Å². The molecule has 142 valence electrons. The molecule has 0 saturated carbocycles. The van der Waals surface area contributed by atoms with Gasteiger partial charge in [0, 0.05) is 42.6 Å². The molecule has 0 N–H and O–H groups in total. The molecule has 27 heavy (non-hydrogen) atoms. The van der Waals surface area contributed by atoms with Gasteiger partial charge in [0.1, 0.15) is 5.82 Å². The summed E-state index contributed by atoms with van der Waals surface area (Å²) in [5.41, 5.74) is 3.30. The van der Waals surface area contributed by atoms with Crippen LogP contribution in [-0.2, 0) is 17.7 Å². The summed E-state index contributed by atoms with van der Waals surface area (Å²) in [7, 11) is 0. The van der Waals surface area contributed by atoms with E-state index in [-0.39, 0.29) is 0 Å². The van der Waals surface area contributed by atoms with Crippen molar-refractivity contribution in [1.82, 2.24) is 14.5 Å². The molecule has 0 aliphatic carbocycles. The fourth-order valence-corrected chi connectivity index (χ4v) is 3.89. The number of nitrogens with zero attached hydrogens (tertiary/aromatic N) is 3. The number of aryl methyl sites for hydroxylation is 1. The zero-order valence-corrected chi connectivity index (χ0v) is 16.7. The Kier molecular flexibility index (Phi) is 5.98. The Bertz CT molecular complexity index is 902. The number of rotatable bonds is 6. The third-order valence-electron chi connectivity index (χ3n) is 5.02. The summed E-state index contributed by atoms with van der Waals surface area (Å²) in [5.74, 6) is 1.07. The molecular formula is C21H23Cl2N3O. The molecule has 0 amide bonds. The summed E-state index contributed by atoms with van der Waals surface area (Å²) in [6, 6.07) is 13.9. The van der Waals surface area contributed by atoms with Crippen LogP contribution in [0, 0.1) is 0 Å². The van der Waals surface area contributed by atoms with Gasteiger partial charge in [-0.2, -0.15) is 0 Å². The van der Waals surface area contributed by atoms with E-state index in [9.17, 15) is 0 Å². The molecule has 0 radical (unpaired) electrons. The lowest BCUT2D eigenvalue weighted by Crippen LogP contribution is -2.37. The van der Waals surface area contributed by atoms with E-state index in [1.807, 2.05) is 24.3 Å². The number of imidazole rings is 1. The molecule has 2 aromatic carbocycles. The summed E-state index contributed by atoms with van der Waals surface area (Å²) in [4.78, 5) is 7.34. The van der Waals surface area contributed by atoms with Crippen LogP contribution >= 0.6 is 23.2 Å². The fraction of sp³-hybridized carbons (Fsp3) is 0.381. The summed E-state index contributed by atoms with van der Waals surface area (Å²) in [5, 5.41) is 1.48. The maximum absolute atomic E-state index is 6.18. The Labute approximate surface area is 169 Å². The van der Waals surface area contributed by atoms with Gasteiger partial charge < -0.3 is 9.30 Å². The predicted octanol–water partition coefficient (Wildman–Crippen LogP) is 4.66. The van der Waals surface area contributed by atoms with Gasteiger partial charge in [0.25, 0.3) is 0 Å². The zero-order chi connectivity index (χ0) is 18.6. The van der Waals surface area contributed by atoms with E-state index in [1.54, 1.807) is 0 Å². The number of hydrogen-bond acceptors (Lipinski definition) is 3. The first kappa shape index (κ1) is 18.8. The van der Waals surface area contributed by atoms with Gasteiger partial charge in [-0.3, -0.25) is 4.90 Å². The van der Waals surface area contributed by atoms with Crippen LogP contribution in [0.3, 0.4) is 0 Å². The lowest BCUT2D eigenvalue weighted by atomic mass is 10.1. The normalized spacial score (nSPS) is 15.5. The second kappa shape index (κ2) is 8.61. The summed E-state index contributed by atoms with van der Waals surface area (Å²) < 4.78 is 7.77. The van der Waals surface area contributed by atoms with Crippen molar-refractivity contribution in [3.8, 4) is 0 Å². The third kappa shape index (κ3) is 4.64. The lowest BCUT2D eigenvalue weighted by molar-refractivity contribution is 0.0369. The second-order valence-electron chi connectivity index (χ2n) is 6.92. The maximum Gasteiger partial charge on any atom is 0.114 e. The number of halogens is 2. The Morgan fingerprint density at radius 2 is 1.67 bits per heavy atom. The van der Waals surface area contributed by atoms with Crippen LogP contribution in [0.4, 0.5) is 0 Å². The molecule has 1 saturated heterocycles. The molecule has 0 unspecified atom stereocenters. The van der Waals surface area contributed by atoms with E-state index >= 15 is 0 Å². The van der Waals surface area contributed by atoms with E-state index in [2.05, 4.69) is 27.7 Å². The predicted molar refractivity (Wildman–Crippen MR) is 111 cm³/mol. The van der Waals surface area contributed by atoms with E-state index in [4.69, 9.17) is 32.9 Å². The molecule has 2 heterocycles. The highest BCUT2D eigenvalue weighted by Gasteiger charge is 2.14. The first-order valence-electron chi connectivity index (χ1n) is 9.38. The number of fused-ring (bicyclic) bond motifs is 1. The van der Waals surface area contributed by atoms with Crippen molar-refractivity contribution >= 4 is 34.2 Å². The first-order valence-corrected chi connectivity index (χ1v) is 10.1. The van der Waals surface area contributed by atoms with Crippen LogP contribution < -0.4 is 0 Å². The third-order valence-corrected chi connectivity index (χ3v) is 5.51. The van der Waals surface area contributed by atoms with Gasteiger partial charge in [0.15, 0.2) is 0 Å². The van der Waals surface area contributed by atoms with Crippen molar-refractivity contribution in [1.29, 1.82) is 0 Å². The quantitative estimate of drug-likeness (QED) is 0.599. The van der Waals surface area contributed by atoms with Gasteiger partial charge in [-0.05, 0) is 42.3 Å². The topological polar surface area (TPSA) is 30.3 Å². The molecule has 4 rings (SSSR count). The highest BCUT2D eigenvalue weighted by molar-refractivity contribution is 6.31. The van der Waals surface area contributed by atoms with Crippen LogP contribution in [0.5, 0.6) is 0 Å². The number of benzene rings is 2. The maximum atomic E-state index is 6.18. The number of hydrogen-bond donors (Lipinski definition) is 0. The standard InChI is InChI=1S/C21H23Cl2N3O/c22-17-4-2-16(3-5-17)14-21-24-19-15-18(23)6-7-20(19)26(21)9-1-8-25-10-12-27-13-11-25/h2-7,15H,1,8-14H2. The van der Waals surface area contributed by atoms with Crippen LogP contribution in [0.25, 0.3) is 11.0 Å². The van der Waals surface area contributed by atoms with E-state index in [1.165, 1.54) is 5.56 Å². The van der Waals surface area contributed by atoms with Crippen molar-refractivity contribution < 1.29 is 4.74 Å². The average molecular weight is 404 g/mol. The molecule has 1 aromatic heterocycles. The van der Waals surface area contributed by atoms with Gasteiger partial charge in [0.05, 0.1) is 24.2 Å².